The minimum atomic E-state index is -3.83. The second kappa shape index (κ2) is 7.32. The predicted octanol–water partition coefficient (Wildman–Crippen LogP) is 2.98. The summed E-state index contributed by atoms with van der Waals surface area (Å²) in [6.07, 6.45) is 1.39. The van der Waals surface area contributed by atoms with Crippen LogP contribution in [-0.4, -0.2) is 29.4 Å². The van der Waals surface area contributed by atoms with Gasteiger partial charge in [-0.05, 0) is 43.3 Å². The van der Waals surface area contributed by atoms with Crippen molar-refractivity contribution in [3.8, 4) is 0 Å². The number of anilines is 2. The summed E-state index contributed by atoms with van der Waals surface area (Å²) < 4.78 is 31.9. The maximum absolute atomic E-state index is 12.4. The molecule has 0 saturated heterocycles. The van der Waals surface area contributed by atoms with Crippen LogP contribution >= 0.6 is 0 Å². The van der Waals surface area contributed by atoms with E-state index in [0.29, 0.717) is 22.5 Å². The standard InChI is InChI=1S/C19H15N5O4S/c1-12-10-18(23-28-12)24-29(26,27)14-8-6-13(7-9-14)21-19(25)17-11-20-15-4-2-3-5-16(15)22-17/h2-11H,1H3,(H,21,25)(H,23,24). The number of hydrogen-bond acceptors (Lipinski definition) is 7. The van der Waals surface area contributed by atoms with Gasteiger partial charge in [-0.3, -0.25) is 14.5 Å². The molecule has 146 valence electrons. The molecule has 0 aliphatic rings. The van der Waals surface area contributed by atoms with E-state index in [1.165, 1.54) is 36.5 Å². The van der Waals surface area contributed by atoms with Crippen molar-refractivity contribution in [2.45, 2.75) is 11.8 Å². The number of hydrogen-bond donors (Lipinski definition) is 2. The van der Waals surface area contributed by atoms with Gasteiger partial charge in [-0.2, -0.15) is 0 Å². The third kappa shape index (κ3) is 4.06. The molecule has 0 aliphatic carbocycles. The highest BCUT2D eigenvalue weighted by Gasteiger charge is 2.17. The van der Waals surface area contributed by atoms with E-state index in [0.717, 1.165) is 0 Å². The molecule has 0 radical (unpaired) electrons. The van der Waals surface area contributed by atoms with Crippen molar-refractivity contribution in [3.05, 3.63) is 72.2 Å². The predicted molar refractivity (Wildman–Crippen MR) is 106 cm³/mol. The number of carbonyl (C=O) groups is 1. The molecule has 2 aromatic carbocycles. The Morgan fingerprint density at radius 2 is 1.76 bits per heavy atom. The Morgan fingerprint density at radius 1 is 1.03 bits per heavy atom. The molecule has 1 amide bonds. The first kappa shape index (κ1) is 18.6. The van der Waals surface area contributed by atoms with E-state index >= 15 is 0 Å². The Labute approximate surface area is 165 Å². The van der Waals surface area contributed by atoms with Crippen LogP contribution in [0, 0.1) is 6.92 Å². The number of amides is 1. The first-order valence-electron chi connectivity index (χ1n) is 8.50. The molecule has 0 aliphatic heterocycles. The molecule has 29 heavy (non-hydrogen) atoms. The van der Waals surface area contributed by atoms with E-state index in [1.807, 2.05) is 12.1 Å². The Bertz CT molecular complexity index is 1300. The van der Waals surface area contributed by atoms with Gasteiger partial charge < -0.3 is 9.84 Å². The zero-order chi connectivity index (χ0) is 20.4. The highest BCUT2D eigenvalue weighted by Crippen LogP contribution is 2.19. The van der Waals surface area contributed by atoms with Crippen LogP contribution in [-0.2, 0) is 10.0 Å². The lowest BCUT2D eigenvalue weighted by atomic mass is 10.3. The summed E-state index contributed by atoms with van der Waals surface area (Å²) in [5.74, 6) is 0.127. The molecule has 0 saturated carbocycles. The van der Waals surface area contributed by atoms with Crippen LogP contribution in [0.3, 0.4) is 0 Å². The third-order valence-electron chi connectivity index (χ3n) is 3.97. The van der Waals surface area contributed by atoms with Gasteiger partial charge >= 0.3 is 0 Å². The molecule has 0 atom stereocenters. The fourth-order valence-electron chi connectivity index (χ4n) is 2.59. The minimum absolute atomic E-state index is 0.0154. The molecule has 2 heterocycles. The summed E-state index contributed by atoms with van der Waals surface area (Å²) >= 11 is 0. The summed E-state index contributed by atoms with van der Waals surface area (Å²) in [5, 5.41) is 6.27. The quantitative estimate of drug-likeness (QED) is 0.519. The van der Waals surface area contributed by atoms with Gasteiger partial charge in [0.25, 0.3) is 15.9 Å². The van der Waals surface area contributed by atoms with Gasteiger partial charge in [-0.25, -0.2) is 13.4 Å². The number of benzene rings is 2. The summed E-state index contributed by atoms with van der Waals surface area (Å²) in [6, 6.07) is 14.4. The van der Waals surface area contributed by atoms with Gasteiger partial charge in [0.2, 0.25) is 0 Å². The summed E-state index contributed by atoms with van der Waals surface area (Å²) in [5.41, 5.74) is 1.87. The Hall–Kier alpha value is -3.79. The van der Waals surface area contributed by atoms with Crippen molar-refractivity contribution in [3.63, 3.8) is 0 Å². The maximum atomic E-state index is 12.4. The summed E-state index contributed by atoms with van der Waals surface area (Å²) in [4.78, 5) is 20.9. The monoisotopic (exact) mass is 409 g/mol. The van der Waals surface area contributed by atoms with Crippen LogP contribution in [0.5, 0.6) is 0 Å². The molecule has 0 bridgehead atoms. The summed E-state index contributed by atoms with van der Waals surface area (Å²) in [7, 11) is -3.83. The zero-order valence-electron chi connectivity index (χ0n) is 15.2. The van der Waals surface area contributed by atoms with Crippen molar-refractivity contribution in [1.29, 1.82) is 0 Å². The molecule has 2 N–H and O–H groups in total. The van der Waals surface area contributed by atoms with Gasteiger partial charge in [0.1, 0.15) is 11.5 Å². The van der Waals surface area contributed by atoms with E-state index in [9.17, 15) is 13.2 Å². The molecular weight excluding hydrogens is 394 g/mol. The van der Waals surface area contributed by atoms with E-state index in [1.54, 1.807) is 19.1 Å². The van der Waals surface area contributed by atoms with E-state index in [4.69, 9.17) is 4.52 Å². The van der Waals surface area contributed by atoms with Crippen LogP contribution in [0.4, 0.5) is 11.5 Å². The highest BCUT2D eigenvalue weighted by atomic mass is 32.2. The van der Waals surface area contributed by atoms with E-state index < -0.39 is 15.9 Å². The van der Waals surface area contributed by atoms with Crippen LogP contribution in [0.2, 0.25) is 0 Å². The van der Waals surface area contributed by atoms with Gasteiger partial charge in [0.05, 0.1) is 22.1 Å². The molecule has 9 nitrogen and oxygen atoms in total. The summed E-state index contributed by atoms with van der Waals surface area (Å²) in [6.45, 7) is 1.65. The fraction of sp³-hybridized carbons (Fsp3) is 0.0526. The third-order valence-corrected chi connectivity index (χ3v) is 5.34. The van der Waals surface area contributed by atoms with Crippen LogP contribution in [0.1, 0.15) is 16.2 Å². The molecule has 10 heteroatoms. The van der Waals surface area contributed by atoms with Crippen molar-refractivity contribution >= 4 is 38.5 Å². The average Bonchev–Trinajstić information content (AvgIpc) is 3.12. The fourth-order valence-corrected chi connectivity index (χ4v) is 3.57. The molecule has 2 aromatic heterocycles. The lowest BCUT2D eigenvalue weighted by Crippen LogP contribution is -2.15. The van der Waals surface area contributed by atoms with Crippen LogP contribution in [0.25, 0.3) is 11.0 Å². The Morgan fingerprint density at radius 3 is 2.45 bits per heavy atom. The number of aryl methyl sites for hydroxylation is 1. The zero-order valence-corrected chi connectivity index (χ0v) is 16.0. The molecule has 4 aromatic rings. The van der Waals surface area contributed by atoms with Crippen LogP contribution < -0.4 is 10.0 Å². The number of fused-ring (bicyclic) bond motifs is 1. The number of para-hydroxylation sites is 2. The topological polar surface area (TPSA) is 127 Å². The number of carbonyl (C=O) groups excluding carboxylic acids is 1. The first-order valence-corrected chi connectivity index (χ1v) is 9.98. The first-order chi connectivity index (χ1) is 13.9. The van der Waals surface area contributed by atoms with Crippen molar-refractivity contribution in [1.82, 2.24) is 15.1 Å². The van der Waals surface area contributed by atoms with Crippen molar-refractivity contribution < 1.29 is 17.7 Å². The normalized spacial score (nSPS) is 11.3. The Balaban J connectivity index is 1.49. The van der Waals surface area contributed by atoms with Crippen molar-refractivity contribution in [2.75, 3.05) is 10.0 Å². The Kier molecular flexibility index (Phi) is 4.69. The minimum Gasteiger partial charge on any atom is -0.360 e. The van der Waals surface area contributed by atoms with Gasteiger partial charge in [-0.15, -0.1) is 0 Å². The average molecular weight is 409 g/mol. The molecule has 0 spiro atoms. The van der Waals surface area contributed by atoms with Crippen molar-refractivity contribution in [2.24, 2.45) is 0 Å². The lowest BCUT2D eigenvalue weighted by Gasteiger charge is -2.08. The van der Waals surface area contributed by atoms with Gasteiger partial charge in [-0.1, -0.05) is 17.3 Å². The molecular formula is C19H15N5O4S. The number of nitrogens with one attached hydrogen (secondary N) is 2. The van der Waals surface area contributed by atoms with Crippen LogP contribution in [0.15, 0.2) is 70.2 Å². The SMILES string of the molecule is Cc1cc(NS(=O)(=O)c2ccc(NC(=O)c3cnc4ccccc4n3)cc2)no1. The van der Waals surface area contributed by atoms with E-state index in [2.05, 4.69) is 25.2 Å². The maximum Gasteiger partial charge on any atom is 0.275 e. The van der Waals surface area contributed by atoms with Gasteiger partial charge in [0, 0.05) is 11.8 Å². The smallest absolute Gasteiger partial charge is 0.275 e. The number of sulfonamides is 1. The highest BCUT2D eigenvalue weighted by molar-refractivity contribution is 7.92. The van der Waals surface area contributed by atoms with E-state index in [-0.39, 0.29) is 16.4 Å². The second-order valence-electron chi connectivity index (χ2n) is 6.15. The number of aromatic nitrogens is 3. The van der Waals surface area contributed by atoms with Gasteiger partial charge in [0.15, 0.2) is 5.82 Å². The molecule has 0 unspecified atom stereocenters. The lowest BCUT2D eigenvalue weighted by molar-refractivity contribution is 0.102. The number of nitrogens with zero attached hydrogens (tertiary/aromatic N) is 3. The second-order valence-corrected chi connectivity index (χ2v) is 7.83. The number of rotatable bonds is 5. The molecule has 4 rings (SSSR count). The molecule has 0 fully saturated rings. The largest absolute Gasteiger partial charge is 0.360 e.